The second-order valence-electron chi connectivity index (χ2n) is 8.27. The standard InChI is InChI=1S/C25H31FN2O2/c1-18-8-6-7-9-21(18)17-28(24(29)16-20-12-14-22(26)15-13-20)19(2)25(30)27-23-10-4-3-5-11-23/h6-9,12-15,19,23H,3-5,10-11,16-17H2,1-2H3,(H,27,30). The second-order valence-corrected chi connectivity index (χ2v) is 8.27. The van der Waals surface area contributed by atoms with E-state index in [1.807, 2.05) is 31.2 Å². The molecule has 0 aliphatic heterocycles. The van der Waals surface area contributed by atoms with Crippen molar-refractivity contribution in [2.24, 2.45) is 0 Å². The number of aryl methyl sites for hydroxylation is 1. The lowest BCUT2D eigenvalue weighted by Gasteiger charge is -2.31. The first-order valence-electron chi connectivity index (χ1n) is 10.8. The summed E-state index contributed by atoms with van der Waals surface area (Å²) < 4.78 is 13.2. The van der Waals surface area contributed by atoms with Crippen LogP contribution >= 0.6 is 0 Å². The Morgan fingerprint density at radius 2 is 1.73 bits per heavy atom. The molecule has 2 aromatic carbocycles. The van der Waals surface area contributed by atoms with E-state index in [9.17, 15) is 14.0 Å². The van der Waals surface area contributed by atoms with Gasteiger partial charge >= 0.3 is 0 Å². The zero-order chi connectivity index (χ0) is 21.5. The second kappa shape index (κ2) is 10.4. The Hall–Kier alpha value is -2.69. The summed E-state index contributed by atoms with van der Waals surface area (Å²) in [5.74, 6) is -0.581. The average Bonchev–Trinajstić information content (AvgIpc) is 2.75. The van der Waals surface area contributed by atoms with Crippen LogP contribution in [0, 0.1) is 12.7 Å². The molecule has 1 fully saturated rings. The smallest absolute Gasteiger partial charge is 0.242 e. The van der Waals surface area contributed by atoms with E-state index in [1.165, 1.54) is 18.6 Å². The van der Waals surface area contributed by atoms with E-state index < -0.39 is 6.04 Å². The summed E-state index contributed by atoms with van der Waals surface area (Å²) in [6, 6.07) is 13.4. The number of benzene rings is 2. The number of hydrogen-bond acceptors (Lipinski definition) is 2. The summed E-state index contributed by atoms with van der Waals surface area (Å²) in [4.78, 5) is 27.8. The average molecular weight is 411 g/mol. The highest BCUT2D eigenvalue weighted by molar-refractivity contribution is 5.88. The van der Waals surface area contributed by atoms with Gasteiger partial charge in [-0.3, -0.25) is 9.59 Å². The Morgan fingerprint density at radius 1 is 1.07 bits per heavy atom. The predicted molar refractivity (Wildman–Crippen MR) is 116 cm³/mol. The first-order valence-corrected chi connectivity index (χ1v) is 10.8. The van der Waals surface area contributed by atoms with Crippen LogP contribution in [-0.2, 0) is 22.6 Å². The number of amides is 2. The monoisotopic (exact) mass is 410 g/mol. The van der Waals surface area contributed by atoms with Crippen LogP contribution in [0.1, 0.15) is 55.7 Å². The van der Waals surface area contributed by atoms with Crippen molar-refractivity contribution < 1.29 is 14.0 Å². The van der Waals surface area contributed by atoms with Crippen LogP contribution < -0.4 is 5.32 Å². The van der Waals surface area contributed by atoms with Crippen LogP contribution in [0.25, 0.3) is 0 Å². The quantitative estimate of drug-likeness (QED) is 0.728. The van der Waals surface area contributed by atoms with Gasteiger partial charge in [0.25, 0.3) is 0 Å². The van der Waals surface area contributed by atoms with Crippen molar-refractivity contribution in [1.29, 1.82) is 0 Å². The lowest BCUT2D eigenvalue weighted by molar-refractivity contribution is -0.140. The van der Waals surface area contributed by atoms with Gasteiger partial charge in [-0.05, 0) is 55.5 Å². The molecular formula is C25H31FN2O2. The third-order valence-electron chi connectivity index (χ3n) is 5.99. The molecule has 0 aromatic heterocycles. The Bertz CT molecular complexity index is 860. The molecule has 1 aliphatic carbocycles. The fourth-order valence-corrected chi connectivity index (χ4v) is 4.00. The molecule has 1 unspecified atom stereocenters. The Labute approximate surface area is 178 Å². The molecule has 2 aromatic rings. The topological polar surface area (TPSA) is 49.4 Å². The Morgan fingerprint density at radius 3 is 2.40 bits per heavy atom. The lowest BCUT2D eigenvalue weighted by Crippen LogP contribution is -2.50. The number of carbonyl (C=O) groups excluding carboxylic acids is 2. The SMILES string of the molecule is Cc1ccccc1CN(C(=O)Cc1ccc(F)cc1)C(C)C(=O)NC1CCCCC1. The van der Waals surface area contributed by atoms with Crippen molar-refractivity contribution in [3.8, 4) is 0 Å². The van der Waals surface area contributed by atoms with E-state index >= 15 is 0 Å². The van der Waals surface area contributed by atoms with Crippen LogP contribution in [0.2, 0.25) is 0 Å². The van der Waals surface area contributed by atoms with Gasteiger partial charge in [0, 0.05) is 12.6 Å². The fraction of sp³-hybridized carbons (Fsp3) is 0.440. The minimum Gasteiger partial charge on any atom is -0.352 e. The summed E-state index contributed by atoms with van der Waals surface area (Å²) in [7, 11) is 0. The molecule has 2 amide bonds. The first-order chi connectivity index (χ1) is 14.4. The van der Waals surface area contributed by atoms with Gasteiger partial charge in [0.15, 0.2) is 0 Å². The molecule has 4 nitrogen and oxygen atoms in total. The third-order valence-corrected chi connectivity index (χ3v) is 5.99. The number of nitrogens with zero attached hydrogens (tertiary/aromatic N) is 1. The number of hydrogen-bond donors (Lipinski definition) is 1. The summed E-state index contributed by atoms with van der Waals surface area (Å²) in [5, 5.41) is 3.14. The van der Waals surface area contributed by atoms with Gasteiger partial charge in [0.05, 0.1) is 6.42 Å². The maximum absolute atomic E-state index is 13.2. The first kappa shape index (κ1) is 22.0. The summed E-state index contributed by atoms with van der Waals surface area (Å²) in [6.45, 7) is 4.16. The molecule has 0 radical (unpaired) electrons. The Kier molecular flexibility index (Phi) is 7.61. The van der Waals surface area contributed by atoms with E-state index in [0.717, 1.165) is 42.4 Å². The molecular weight excluding hydrogens is 379 g/mol. The Balaban J connectivity index is 1.76. The number of nitrogens with one attached hydrogen (secondary N) is 1. The largest absolute Gasteiger partial charge is 0.352 e. The molecule has 160 valence electrons. The van der Waals surface area contributed by atoms with Crippen molar-refractivity contribution in [3.05, 3.63) is 71.0 Å². The van der Waals surface area contributed by atoms with Crippen molar-refractivity contribution in [2.45, 2.75) is 71.0 Å². The maximum atomic E-state index is 13.2. The summed E-state index contributed by atoms with van der Waals surface area (Å²) in [6.07, 6.45) is 5.62. The van der Waals surface area contributed by atoms with E-state index in [0.29, 0.717) is 6.54 Å². The molecule has 0 heterocycles. The molecule has 5 heteroatoms. The minimum atomic E-state index is -0.584. The molecule has 1 atom stereocenters. The highest BCUT2D eigenvalue weighted by atomic mass is 19.1. The van der Waals surface area contributed by atoms with Gasteiger partial charge in [0.1, 0.15) is 11.9 Å². The zero-order valence-corrected chi connectivity index (χ0v) is 17.9. The molecule has 1 aliphatic rings. The molecule has 0 bridgehead atoms. The van der Waals surface area contributed by atoms with E-state index in [2.05, 4.69) is 5.32 Å². The maximum Gasteiger partial charge on any atom is 0.242 e. The number of rotatable bonds is 7. The summed E-state index contributed by atoms with van der Waals surface area (Å²) in [5.41, 5.74) is 2.83. The predicted octanol–water partition coefficient (Wildman–Crippen LogP) is 4.54. The van der Waals surface area contributed by atoms with Crippen LogP contribution in [0.4, 0.5) is 4.39 Å². The van der Waals surface area contributed by atoms with E-state index in [-0.39, 0.29) is 30.1 Å². The van der Waals surface area contributed by atoms with E-state index in [1.54, 1.807) is 24.0 Å². The number of carbonyl (C=O) groups is 2. The van der Waals surface area contributed by atoms with Gasteiger partial charge in [-0.15, -0.1) is 0 Å². The number of halogens is 1. The van der Waals surface area contributed by atoms with Crippen LogP contribution in [0.3, 0.4) is 0 Å². The molecule has 1 N–H and O–H groups in total. The van der Waals surface area contributed by atoms with Crippen molar-refractivity contribution in [2.75, 3.05) is 0 Å². The molecule has 3 rings (SSSR count). The van der Waals surface area contributed by atoms with Crippen molar-refractivity contribution >= 4 is 11.8 Å². The fourth-order valence-electron chi connectivity index (χ4n) is 4.00. The van der Waals surface area contributed by atoms with Gasteiger partial charge in [-0.25, -0.2) is 4.39 Å². The van der Waals surface area contributed by atoms with Gasteiger partial charge in [-0.1, -0.05) is 55.7 Å². The molecule has 0 spiro atoms. The molecule has 0 saturated heterocycles. The van der Waals surface area contributed by atoms with Crippen molar-refractivity contribution in [1.82, 2.24) is 10.2 Å². The van der Waals surface area contributed by atoms with Crippen LogP contribution in [-0.4, -0.2) is 28.8 Å². The van der Waals surface area contributed by atoms with Gasteiger partial charge in [0.2, 0.25) is 11.8 Å². The zero-order valence-electron chi connectivity index (χ0n) is 17.9. The van der Waals surface area contributed by atoms with Gasteiger partial charge in [-0.2, -0.15) is 0 Å². The highest BCUT2D eigenvalue weighted by Gasteiger charge is 2.28. The van der Waals surface area contributed by atoms with Crippen molar-refractivity contribution in [3.63, 3.8) is 0 Å². The molecule has 1 saturated carbocycles. The van der Waals surface area contributed by atoms with Crippen LogP contribution in [0.5, 0.6) is 0 Å². The third kappa shape index (κ3) is 5.91. The normalized spacial score (nSPS) is 15.4. The summed E-state index contributed by atoms with van der Waals surface area (Å²) >= 11 is 0. The molecule has 30 heavy (non-hydrogen) atoms. The minimum absolute atomic E-state index is 0.108. The van der Waals surface area contributed by atoms with Gasteiger partial charge < -0.3 is 10.2 Å². The highest BCUT2D eigenvalue weighted by Crippen LogP contribution is 2.19. The van der Waals surface area contributed by atoms with E-state index in [4.69, 9.17) is 0 Å². The lowest BCUT2D eigenvalue weighted by atomic mass is 9.95. The van der Waals surface area contributed by atoms with Crippen LogP contribution in [0.15, 0.2) is 48.5 Å².